The van der Waals surface area contributed by atoms with E-state index in [2.05, 4.69) is 14.9 Å². The van der Waals surface area contributed by atoms with E-state index in [1.807, 2.05) is 4.90 Å². The third-order valence-corrected chi connectivity index (χ3v) is 7.02. The van der Waals surface area contributed by atoms with E-state index >= 15 is 0 Å². The van der Waals surface area contributed by atoms with Gasteiger partial charge in [0.2, 0.25) is 21.8 Å². The molecule has 3 atom stereocenters. The van der Waals surface area contributed by atoms with Crippen LogP contribution in [0.25, 0.3) is 0 Å². The molecular weight excluding hydrogens is 384 g/mol. The summed E-state index contributed by atoms with van der Waals surface area (Å²) < 4.78 is 31.4. The van der Waals surface area contributed by atoms with E-state index in [4.69, 9.17) is 4.74 Å². The quantitative estimate of drug-likeness (QED) is 0.571. The first-order valence-corrected chi connectivity index (χ1v) is 12.1. The summed E-state index contributed by atoms with van der Waals surface area (Å²) in [6.45, 7) is 2.79. The zero-order chi connectivity index (χ0) is 19.9. The minimum Gasteiger partial charge on any atom is -0.381 e. The van der Waals surface area contributed by atoms with Gasteiger partial charge in [0.15, 0.2) is 0 Å². The molecule has 28 heavy (non-hydrogen) atoms. The Kier molecular flexibility index (Phi) is 5.65. The molecule has 1 aliphatic carbocycles. The van der Waals surface area contributed by atoms with E-state index in [0.29, 0.717) is 39.3 Å². The number of hydrogen-bond acceptors (Lipinski definition) is 6. The topological polar surface area (TPSA) is 108 Å². The summed E-state index contributed by atoms with van der Waals surface area (Å²) >= 11 is 0. The van der Waals surface area contributed by atoms with Crippen molar-refractivity contribution in [1.82, 2.24) is 19.8 Å². The summed E-state index contributed by atoms with van der Waals surface area (Å²) in [7, 11) is -3.31. The maximum Gasteiger partial charge on any atom is 0.242 e. The van der Waals surface area contributed by atoms with Gasteiger partial charge in [0, 0.05) is 56.9 Å². The van der Waals surface area contributed by atoms with Gasteiger partial charge in [0.25, 0.3) is 0 Å². The largest absolute Gasteiger partial charge is 0.381 e. The number of fused-ring (bicyclic) bond motifs is 1. The van der Waals surface area contributed by atoms with Crippen molar-refractivity contribution in [2.75, 3.05) is 39.1 Å². The van der Waals surface area contributed by atoms with Gasteiger partial charge in [-0.2, -0.15) is 0 Å². The molecule has 4 rings (SSSR count). The van der Waals surface area contributed by atoms with Crippen LogP contribution in [0.4, 0.5) is 0 Å². The van der Waals surface area contributed by atoms with Gasteiger partial charge >= 0.3 is 0 Å². The molecule has 3 aliphatic heterocycles. The van der Waals surface area contributed by atoms with Crippen LogP contribution in [0.1, 0.15) is 32.1 Å². The fraction of sp³-hybridized carbons (Fsp3) is 0.889. The Morgan fingerprint density at radius 2 is 1.86 bits per heavy atom. The zero-order valence-electron chi connectivity index (χ0n) is 16.3. The van der Waals surface area contributed by atoms with Gasteiger partial charge in [-0.05, 0) is 32.1 Å². The first-order chi connectivity index (χ1) is 13.3. The first-order valence-electron chi connectivity index (χ1n) is 10.2. The van der Waals surface area contributed by atoms with Crippen molar-refractivity contribution in [2.24, 2.45) is 5.92 Å². The Labute approximate surface area is 166 Å². The summed E-state index contributed by atoms with van der Waals surface area (Å²) in [6, 6.07) is -0.381. The highest BCUT2D eigenvalue weighted by Gasteiger charge is 2.48. The molecule has 3 heterocycles. The van der Waals surface area contributed by atoms with Gasteiger partial charge in [0.05, 0.1) is 6.26 Å². The summed E-state index contributed by atoms with van der Waals surface area (Å²) in [5.74, 6) is 0.148. The predicted octanol–water partition coefficient (Wildman–Crippen LogP) is -1.11. The van der Waals surface area contributed by atoms with Crippen LogP contribution in [0.3, 0.4) is 0 Å². The van der Waals surface area contributed by atoms with Crippen molar-refractivity contribution in [2.45, 2.75) is 56.3 Å². The van der Waals surface area contributed by atoms with Crippen LogP contribution in [0.15, 0.2) is 0 Å². The second kappa shape index (κ2) is 7.89. The number of hydrogen-bond donors (Lipinski definition) is 2. The fourth-order valence-corrected chi connectivity index (χ4v) is 5.54. The van der Waals surface area contributed by atoms with Gasteiger partial charge in [-0.25, -0.2) is 13.1 Å². The second-order valence-corrected chi connectivity index (χ2v) is 10.3. The molecule has 158 valence electrons. The van der Waals surface area contributed by atoms with Crippen LogP contribution in [0, 0.1) is 5.92 Å². The van der Waals surface area contributed by atoms with Crippen LogP contribution in [-0.4, -0.2) is 93.3 Å². The lowest BCUT2D eigenvalue weighted by Crippen LogP contribution is -2.65. The van der Waals surface area contributed by atoms with Crippen LogP contribution in [0.5, 0.6) is 0 Å². The number of sulfonamides is 1. The average Bonchev–Trinajstić information content (AvgIpc) is 3.41. The smallest absolute Gasteiger partial charge is 0.242 e. The molecule has 0 bridgehead atoms. The molecule has 0 aromatic carbocycles. The number of rotatable bonds is 6. The van der Waals surface area contributed by atoms with Crippen LogP contribution >= 0.6 is 0 Å². The van der Waals surface area contributed by atoms with Crippen LogP contribution < -0.4 is 10.0 Å². The molecule has 2 amide bonds. The van der Waals surface area contributed by atoms with Gasteiger partial charge < -0.3 is 15.0 Å². The van der Waals surface area contributed by atoms with Crippen molar-refractivity contribution in [3.8, 4) is 0 Å². The van der Waals surface area contributed by atoms with E-state index in [-0.39, 0.29) is 41.9 Å². The van der Waals surface area contributed by atoms with Gasteiger partial charge in [-0.15, -0.1) is 0 Å². The molecule has 1 saturated carbocycles. The summed E-state index contributed by atoms with van der Waals surface area (Å²) in [4.78, 5) is 29.5. The third-order valence-electron chi connectivity index (χ3n) is 6.26. The molecule has 3 saturated heterocycles. The SMILES string of the molecule is CS(=O)(=O)N[C@H]1C[C@H]2CN(C3CCOCC3)[C@@H](CNC(=O)C3CC3)C(=O)N2C1. The monoisotopic (exact) mass is 414 g/mol. The van der Waals surface area contributed by atoms with Gasteiger partial charge in [-0.1, -0.05) is 0 Å². The summed E-state index contributed by atoms with van der Waals surface area (Å²) in [5.41, 5.74) is 0. The van der Waals surface area contributed by atoms with Crippen LogP contribution in [-0.2, 0) is 24.3 Å². The Bertz CT molecular complexity index is 719. The molecule has 4 aliphatic rings. The molecule has 0 spiro atoms. The molecule has 0 aromatic rings. The predicted molar refractivity (Wildman–Crippen MR) is 102 cm³/mol. The van der Waals surface area contributed by atoms with Gasteiger partial charge in [0.1, 0.15) is 6.04 Å². The Balaban J connectivity index is 1.48. The highest BCUT2D eigenvalue weighted by Crippen LogP contribution is 2.31. The minimum atomic E-state index is -3.31. The zero-order valence-corrected chi connectivity index (χ0v) is 17.1. The number of nitrogens with zero attached hydrogens (tertiary/aromatic N) is 2. The number of carbonyl (C=O) groups excluding carboxylic acids is 2. The number of ether oxygens (including phenoxy) is 1. The molecule has 9 nitrogen and oxygen atoms in total. The number of piperazine rings is 1. The fourth-order valence-electron chi connectivity index (χ4n) is 4.76. The molecule has 2 N–H and O–H groups in total. The standard InChI is InChI=1S/C18H30N4O5S/c1-28(25,26)20-13-8-15-11-21(14-4-6-27-7-5-14)16(18(24)22(15)10-13)9-19-17(23)12-2-3-12/h12-16,20H,2-11H2,1H3,(H,19,23)/t13-,15-,16-/m0/s1. The summed E-state index contributed by atoms with van der Waals surface area (Å²) in [5, 5.41) is 2.97. The Morgan fingerprint density at radius 1 is 1.14 bits per heavy atom. The maximum absolute atomic E-state index is 13.3. The number of carbonyl (C=O) groups is 2. The van der Waals surface area contributed by atoms with Crippen molar-refractivity contribution in [3.05, 3.63) is 0 Å². The van der Waals surface area contributed by atoms with E-state index in [1.54, 1.807) is 0 Å². The van der Waals surface area contributed by atoms with Gasteiger partial charge in [-0.3, -0.25) is 14.5 Å². The normalized spacial score (nSPS) is 32.4. The molecule has 10 heteroatoms. The van der Waals surface area contributed by atoms with E-state index < -0.39 is 10.0 Å². The summed E-state index contributed by atoms with van der Waals surface area (Å²) in [6.07, 6.45) is 5.38. The molecule has 0 radical (unpaired) electrons. The lowest BCUT2D eigenvalue weighted by molar-refractivity contribution is -0.147. The molecule has 4 fully saturated rings. The van der Waals surface area contributed by atoms with E-state index in [0.717, 1.165) is 31.9 Å². The van der Waals surface area contributed by atoms with Crippen molar-refractivity contribution in [3.63, 3.8) is 0 Å². The van der Waals surface area contributed by atoms with Crippen molar-refractivity contribution >= 4 is 21.8 Å². The highest BCUT2D eigenvalue weighted by atomic mass is 32.2. The van der Waals surface area contributed by atoms with E-state index in [9.17, 15) is 18.0 Å². The lowest BCUT2D eigenvalue weighted by Gasteiger charge is -2.47. The second-order valence-electron chi connectivity index (χ2n) is 8.54. The molecule has 0 aromatic heterocycles. The minimum absolute atomic E-state index is 0.00311. The lowest BCUT2D eigenvalue weighted by atomic mass is 9.98. The Morgan fingerprint density at radius 3 is 2.50 bits per heavy atom. The highest BCUT2D eigenvalue weighted by molar-refractivity contribution is 7.88. The molecular formula is C18H30N4O5S. The molecule has 0 unspecified atom stereocenters. The van der Waals surface area contributed by atoms with E-state index in [1.165, 1.54) is 0 Å². The Hall–Kier alpha value is -1.23. The van der Waals surface area contributed by atoms with Crippen molar-refractivity contribution < 1.29 is 22.7 Å². The average molecular weight is 415 g/mol. The maximum atomic E-state index is 13.3. The third kappa shape index (κ3) is 4.50. The number of nitrogens with one attached hydrogen (secondary N) is 2. The van der Waals surface area contributed by atoms with Crippen molar-refractivity contribution in [1.29, 1.82) is 0 Å². The first kappa shape index (κ1) is 20.1. The number of amides is 2. The van der Waals surface area contributed by atoms with Crippen LogP contribution in [0.2, 0.25) is 0 Å².